The summed E-state index contributed by atoms with van der Waals surface area (Å²) < 4.78 is 0. The summed E-state index contributed by atoms with van der Waals surface area (Å²) >= 11 is 5.88. The molecule has 0 aromatic carbocycles. The molecule has 15 heavy (non-hydrogen) atoms. The maximum absolute atomic E-state index is 5.88. The largest absolute Gasteiger partial charge is 0.354 e. The van der Waals surface area contributed by atoms with E-state index in [2.05, 4.69) is 21.8 Å². The number of hydrogen-bond acceptors (Lipinski definition) is 1. The normalized spacial score (nSPS) is 9.47. The van der Waals surface area contributed by atoms with E-state index in [1.165, 1.54) is 0 Å². The Morgan fingerprint density at radius 2 is 2.13 bits per heavy atom. The summed E-state index contributed by atoms with van der Waals surface area (Å²) in [7, 11) is 0. The molecule has 1 N–H and O–H groups in total. The maximum Gasteiger partial charge on any atom is 0.113 e. The van der Waals surface area contributed by atoms with Crippen LogP contribution in [-0.4, -0.2) is 9.97 Å². The molecule has 0 aliphatic carbocycles. The van der Waals surface area contributed by atoms with Crippen molar-refractivity contribution in [2.24, 2.45) is 0 Å². The summed E-state index contributed by atoms with van der Waals surface area (Å²) in [5, 5.41) is 0.634. The Bertz CT molecular complexity index is 515. The SMILES string of the molecule is Cc1ccc(C#Cc2[nH]ccc2Cl)nc1. The fourth-order valence-corrected chi connectivity index (χ4v) is 1.28. The average Bonchev–Trinajstić information content (AvgIpc) is 2.63. The summed E-state index contributed by atoms with van der Waals surface area (Å²) in [6.07, 6.45) is 3.55. The van der Waals surface area contributed by atoms with Gasteiger partial charge < -0.3 is 4.98 Å². The molecule has 0 radical (unpaired) electrons. The molecule has 0 fully saturated rings. The quantitative estimate of drug-likeness (QED) is 0.674. The monoisotopic (exact) mass is 216 g/mol. The molecular formula is C12H9ClN2. The predicted octanol–water partition coefficient (Wildman–Crippen LogP) is 2.77. The van der Waals surface area contributed by atoms with Gasteiger partial charge in [0.1, 0.15) is 11.4 Å². The van der Waals surface area contributed by atoms with Gasteiger partial charge in [-0.05, 0) is 36.5 Å². The fraction of sp³-hybridized carbons (Fsp3) is 0.0833. The number of hydrogen-bond donors (Lipinski definition) is 1. The van der Waals surface area contributed by atoms with Gasteiger partial charge in [-0.3, -0.25) is 0 Å². The molecular weight excluding hydrogens is 208 g/mol. The molecule has 2 nitrogen and oxygen atoms in total. The molecule has 0 bridgehead atoms. The van der Waals surface area contributed by atoms with Gasteiger partial charge in [0.2, 0.25) is 0 Å². The number of nitrogens with one attached hydrogen (secondary N) is 1. The Kier molecular flexibility index (Phi) is 2.75. The molecule has 0 saturated carbocycles. The van der Waals surface area contributed by atoms with E-state index in [9.17, 15) is 0 Å². The van der Waals surface area contributed by atoms with Crippen molar-refractivity contribution >= 4 is 11.6 Å². The Labute approximate surface area is 93.3 Å². The number of pyridine rings is 1. The van der Waals surface area contributed by atoms with E-state index < -0.39 is 0 Å². The van der Waals surface area contributed by atoms with Crippen LogP contribution in [0.15, 0.2) is 30.6 Å². The number of aromatic amines is 1. The van der Waals surface area contributed by atoms with Crippen LogP contribution in [0.3, 0.4) is 0 Å². The number of aryl methyl sites for hydroxylation is 1. The van der Waals surface area contributed by atoms with Crippen LogP contribution in [0.1, 0.15) is 17.0 Å². The van der Waals surface area contributed by atoms with E-state index in [1.54, 1.807) is 18.5 Å². The topological polar surface area (TPSA) is 28.7 Å². The van der Waals surface area contributed by atoms with Crippen molar-refractivity contribution in [1.82, 2.24) is 9.97 Å². The van der Waals surface area contributed by atoms with Gasteiger partial charge in [-0.25, -0.2) is 4.98 Å². The summed E-state index contributed by atoms with van der Waals surface area (Å²) in [4.78, 5) is 7.13. The van der Waals surface area contributed by atoms with Crippen LogP contribution in [0.5, 0.6) is 0 Å². The predicted molar refractivity (Wildman–Crippen MR) is 60.8 cm³/mol. The summed E-state index contributed by atoms with van der Waals surface area (Å²) in [6.45, 7) is 1.99. The Balaban J connectivity index is 2.26. The van der Waals surface area contributed by atoms with Gasteiger partial charge in [0.15, 0.2) is 0 Å². The van der Waals surface area contributed by atoms with E-state index in [1.807, 2.05) is 19.1 Å². The molecule has 0 aliphatic rings. The van der Waals surface area contributed by atoms with E-state index in [0.717, 1.165) is 17.0 Å². The van der Waals surface area contributed by atoms with Crippen LogP contribution in [0.2, 0.25) is 5.02 Å². The molecule has 0 spiro atoms. The lowest BCUT2D eigenvalue weighted by atomic mass is 10.3. The minimum atomic E-state index is 0.634. The highest BCUT2D eigenvalue weighted by Gasteiger charge is 1.95. The second-order valence-electron chi connectivity index (χ2n) is 3.17. The third-order valence-corrected chi connectivity index (χ3v) is 2.24. The molecule has 2 aromatic rings. The minimum absolute atomic E-state index is 0.634. The first-order valence-corrected chi connectivity index (χ1v) is 4.91. The van der Waals surface area contributed by atoms with Gasteiger partial charge in [0, 0.05) is 12.4 Å². The maximum atomic E-state index is 5.88. The van der Waals surface area contributed by atoms with Crippen LogP contribution >= 0.6 is 11.6 Å². The third kappa shape index (κ3) is 2.39. The van der Waals surface area contributed by atoms with E-state index >= 15 is 0 Å². The summed E-state index contributed by atoms with van der Waals surface area (Å²) in [6, 6.07) is 5.64. The highest BCUT2D eigenvalue weighted by atomic mass is 35.5. The average molecular weight is 217 g/mol. The van der Waals surface area contributed by atoms with Gasteiger partial charge in [-0.1, -0.05) is 17.7 Å². The Morgan fingerprint density at radius 3 is 2.73 bits per heavy atom. The molecule has 0 amide bonds. The molecule has 0 unspecified atom stereocenters. The first-order valence-electron chi connectivity index (χ1n) is 4.53. The summed E-state index contributed by atoms with van der Waals surface area (Å²) in [5.41, 5.74) is 2.59. The number of nitrogens with zero attached hydrogens (tertiary/aromatic N) is 1. The first kappa shape index (κ1) is 9.82. The van der Waals surface area contributed by atoms with Gasteiger partial charge >= 0.3 is 0 Å². The van der Waals surface area contributed by atoms with Crippen molar-refractivity contribution in [2.45, 2.75) is 6.92 Å². The van der Waals surface area contributed by atoms with Crippen LogP contribution in [-0.2, 0) is 0 Å². The molecule has 3 heteroatoms. The number of halogens is 1. The fourth-order valence-electron chi connectivity index (χ4n) is 1.11. The highest BCUT2D eigenvalue weighted by Crippen LogP contribution is 2.11. The van der Waals surface area contributed by atoms with E-state index in [-0.39, 0.29) is 0 Å². The van der Waals surface area contributed by atoms with E-state index in [0.29, 0.717) is 5.02 Å². The van der Waals surface area contributed by atoms with Crippen molar-refractivity contribution in [2.75, 3.05) is 0 Å². The van der Waals surface area contributed by atoms with Crippen molar-refractivity contribution in [3.05, 3.63) is 52.6 Å². The van der Waals surface area contributed by atoms with Crippen LogP contribution in [0.25, 0.3) is 0 Å². The number of aromatic nitrogens is 2. The van der Waals surface area contributed by atoms with Crippen molar-refractivity contribution in [3.63, 3.8) is 0 Å². The molecule has 0 aliphatic heterocycles. The molecule has 2 aromatic heterocycles. The van der Waals surface area contributed by atoms with Crippen LogP contribution in [0.4, 0.5) is 0 Å². The van der Waals surface area contributed by atoms with Crippen molar-refractivity contribution in [3.8, 4) is 11.8 Å². The molecule has 2 rings (SSSR count). The number of rotatable bonds is 0. The second kappa shape index (κ2) is 4.20. The molecule has 2 heterocycles. The zero-order valence-electron chi connectivity index (χ0n) is 8.21. The molecule has 0 atom stereocenters. The number of H-pyrrole nitrogens is 1. The Hall–Kier alpha value is -1.72. The summed E-state index contributed by atoms with van der Waals surface area (Å²) in [5.74, 6) is 5.87. The van der Waals surface area contributed by atoms with Crippen molar-refractivity contribution < 1.29 is 0 Å². The lowest BCUT2D eigenvalue weighted by Crippen LogP contribution is -1.82. The molecule has 74 valence electrons. The Morgan fingerprint density at radius 1 is 1.27 bits per heavy atom. The lowest BCUT2D eigenvalue weighted by Gasteiger charge is -1.90. The lowest BCUT2D eigenvalue weighted by molar-refractivity contribution is 1.24. The van der Waals surface area contributed by atoms with Crippen LogP contribution < -0.4 is 0 Å². The first-order chi connectivity index (χ1) is 7.25. The van der Waals surface area contributed by atoms with E-state index in [4.69, 9.17) is 11.6 Å². The van der Waals surface area contributed by atoms with Gasteiger partial charge in [0.25, 0.3) is 0 Å². The highest BCUT2D eigenvalue weighted by molar-refractivity contribution is 6.31. The minimum Gasteiger partial charge on any atom is -0.354 e. The smallest absolute Gasteiger partial charge is 0.113 e. The second-order valence-corrected chi connectivity index (χ2v) is 3.58. The van der Waals surface area contributed by atoms with Crippen molar-refractivity contribution in [1.29, 1.82) is 0 Å². The van der Waals surface area contributed by atoms with Gasteiger partial charge in [-0.2, -0.15) is 0 Å². The zero-order valence-corrected chi connectivity index (χ0v) is 8.97. The standard InChI is InChI=1S/C12H9ClN2/c1-9-2-3-10(15-8-9)4-5-12-11(13)6-7-14-12/h2-3,6-8,14H,1H3. The van der Waals surface area contributed by atoms with Crippen LogP contribution in [0, 0.1) is 18.8 Å². The third-order valence-electron chi connectivity index (χ3n) is 1.92. The zero-order chi connectivity index (χ0) is 10.7. The van der Waals surface area contributed by atoms with Gasteiger partial charge in [0.05, 0.1) is 5.02 Å². The molecule has 0 saturated heterocycles. The van der Waals surface area contributed by atoms with Gasteiger partial charge in [-0.15, -0.1) is 0 Å².